The number of carbonyl (C=O) groups is 2. The van der Waals surface area contributed by atoms with Gasteiger partial charge in [0, 0.05) is 56.0 Å². The van der Waals surface area contributed by atoms with Gasteiger partial charge < -0.3 is 19.8 Å². The lowest BCUT2D eigenvalue weighted by Crippen LogP contribution is -2.36. The average Bonchev–Trinajstić information content (AvgIpc) is 3.20. The molecule has 3 heterocycles. The summed E-state index contributed by atoms with van der Waals surface area (Å²) in [4.78, 5) is 24.8. The van der Waals surface area contributed by atoms with Crippen LogP contribution in [-0.4, -0.2) is 90.7 Å². The van der Waals surface area contributed by atoms with E-state index < -0.39 is 24.3 Å². The molecule has 3 fully saturated rings. The van der Waals surface area contributed by atoms with Crippen molar-refractivity contribution in [2.24, 2.45) is 17.3 Å². The molecule has 7 nitrogen and oxygen atoms in total. The molecule has 2 saturated heterocycles. The molecule has 212 valence electrons. The predicted octanol–water partition coefficient (Wildman–Crippen LogP) is 4.50. The van der Waals surface area contributed by atoms with Gasteiger partial charge in [0.25, 0.3) is 0 Å². The number of hydrogen-bond acceptors (Lipinski definition) is 6. The molecule has 0 unspecified atom stereocenters. The largest absolute Gasteiger partial charge is 0.490 e. The number of thiophene rings is 1. The highest BCUT2D eigenvalue weighted by Crippen LogP contribution is 2.45. The second-order valence-electron chi connectivity index (χ2n) is 9.75. The zero-order valence-electron chi connectivity index (χ0n) is 20.6. The van der Waals surface area contributed by atoms with Gasteiger partial charge in [-0.15, -0.1) is 11.3 Å². The molecule has 2 aliphatic heterocycles. The van der Waals surface area contributed by atoms with Crippen LogP contribution in [0.2, 0.25) is 0 Å². The first-order valence-corrected chi connectivity index (χ1v) is 12.5. The zero-order chi connectivity index (χ0) is 28.0. The van der Waals surface area contributed by atoms with Crippen LogP contribution in [0.3, 0.4) is 0 Å². The maximum Gasteiger partial charge on any atom is 0.490 e. The van der Waals surface area contributed by atoms with Crippen LogP contribution >= 0.6 is 11.3 Å². The van der Waals surface area contributed by atoms with Crippen LogP contribution < -0.4 is 0 Å². The van der Waals surface area contributed by atoms with Crippen molar-refractivity contribution in [1.29, 1.82) is 0 Å². The Balaban J connectivity index is 0.000000286. The number of carboxylic acids is 2. The number of halogens is 6. The Morgan fingerprint density at radius 3 is 2.05 bits per heavy atom. The fourth-order valence-electron chi connectivity index (χ4n) is 4.73. The Hall–Kier alpha value is -1.90. The summed E-state index contributed by atoms with van der Waals surface area (Å²) in [7, 11) is 1.87. The second-order valence-corrected chi connectivity index (χ2v) is 10.7. The highest BCUT2D eigenvalue weighted by atomic mass is 32.1. The number of aliphatic carboxylic acids is 2. The van der Waals surface area contributed by atoms with Crippen LogP contribution in [0, 0.1) is 24.2 Å². The topological polar surface area (TPSA) is 90.3 Å². The monoisotopic (exact) mass is 562 g/mol. The third-order valence-corrected chi connectivity index (χ3v) is 7.76. The maximum atomic E-state index is 10.6. The molecule has 0 bridgehead atoms. The van der Waals surface area contributed by atoms with Gasteiger partial charge in [-0.2, -0.15) is 26.3 Å². The third kappa shape index (κ3) is 9.73. The lowest BCUT2D eigenvalue weighted by Gasteiger charge is -2.30. The van der Waals surface area contributed by atoms with Crippen molar-refractivity contribution in [3.63, 3.8) is 0 Å². The molecule has 2 atom stereocenters. The van der Waals surface area contributed by atoms with E-state index in [2.05, 4.69) is 28.2 Å². The summed E-state index contributed by atoms with van der Waals surface area (Å²) >= 11 is 1.92. The van der Waals surface area contributed by atoms with Crippen LogP contribution in [0.4, 0.5) is 26.3 Å². The first-order valence-electron chi connectivity index (χ1n) is 11.6. The van der Waals surface area contributed by atoms with Crippen LogP contribution in [0.5, 0.6) is 0 Å². The van der Waals surface area contributed by atoms with E-state index in [1.54, 1.807) is 4.88 Å². The van der Waals surface area contributed by atoms with Gasteiger partial charge in [0.2, 0.25) is 0 Å². The Kier molecular flexibility index (Phi) is 10.8. The minimum Gasteiger partial charge on any atom is -0.475 e. The first-order chi connectivity index (χ1) is 17.1. The summed E-state index contributed by atoms with van der Waals surface area (Å²) in [6, 6.07) is 2.26. The molecule has 2 N–H and O–H groups in total. The number of alkyl halides is 6. The summed E-state index contributed by atoms with van der Waals surface area (Å²) in [5, 5.41) is 16.5. The van der Waals surface area contributed by atoms with Crippen LogP contribution in [0.25, 0.3) is 0 Å². The minimum absolute atomic E-state index is 0.482. The van der Waals surface area contributed by atoms with E-state index in [0.29, 0.717) is 5.41 Å². The number of hydrogen-bond donors (Lipinski definition) is 2. The number of carboxylic acid groups (broad SMARTS) is 2. The third-order valence-electron chi connectivity index (χ3n) is 6.75. The zero-order valence-corrected chi connectivity index (χ0v) is 21.4. The quantitative estimate of drug-likeness (QED) is 0.494. The standard InChI is InChI=1S/C19H30N2OS.2C2HF3O2/c1-15-5-8-23-18(15)11-20-7-6-19(13-20)14-21(9-16-3-4-16)10-17(19)12-22-2;2*3-2(4,5)1(6)7/h5,8,16-17H,3-4,6-7,9-14H2,1-2H3;2*(H,6,7)/t17-,19+;;/m1../s1. The first kappa shape index (κ1) is 31.3. The fourth-order valence-corrected chi connectivity index (χ4v) is 5.68. The van der Waals surface area contributed by atoms with Gasteiger partial charge in [-0.1, -0.05) is 0 Å². The number of methoxy groups -OCH3 is 1. The highest BCUT2D eigenvalue weighted by molar-refractivity contribution is 7.10. The van der Waals surface area contributed by atoms with E-state index in [1.165, 1.54) is 57.5 Å². The van der Waals surface area contributed by atoms with E-state index in [4.69, 9.17) is 24.5 Å². The van der Waals surface area contributed by atoms with E-state index in [9.17, 15) is 26.3 Å². The Morgan fingerprint density at radius 1 is 1.08 bits per heavy atom. The number of ether oxygens (including phenoxy) is 1. The molecule has 0 radical (unpaired) electrons. The minimum atomic E-state index is -5.08. The van der Waals surface area contributed by atoms with Gasteiger partial charge >= 0.3 is 24.3 Å². The number of rotatable bonds is 6. The lowest BCUT2D eigenvalue weighted by atomic mass is 9.77. The van der Waals surface area contributed by atoms with Crippen molar-refractivity contribution in [1.82, 2.24) is 9.80 Å². The summed E-state index contributed by atoms with van der Waals surface area (Å²) in [6.07, 6.45) is -5.89. The molecule has 1 aliphatic carbocycles. The number of likely N-dealkylation sites (tertiary alicyclic amines) is 2. The van der Waals surface area contributed by atoms with Gasteiger partial charge in [0.05, 0.1) is 6.61 Å². The fraction of sp³-hybridized carbons (Fsp3) is 0.739. The Labute approximate surface area is 215 Å². The predicted molar refractivity (Wildman–Crippen MR) is 123 cm³/mol. The van der Waals surface area contributed by atoms with Gasteiger partial charge in [0.1, 0.15) is 0 Å². The molecular formula is C23H32F6N2O5S. The maximum absolute atomic E-state index is 10.6. The normalized spacial score (nSPS) is 24.4. The highest BCUT2D eigenvalue weighted by Gasteiger charge is 2.50. The lowest BCUT2D eigenvalue weighted by molar-refractivity contribution is -0.193. The van der Waals surface area contributed by atoms with Crippen LogP contribution in [0.15, 0.2) is 11.4 Å². The van der Waals surface area contributed by atoms with Crippen molar-refractivity contribution in [2.75, 3.05) is 46.4 Å². The van der Waals surface area contributed by atoms with Crippen LogP contribution in [0.1, 0.15) is 29.7 Å². The van der Waals surface area contributed by atoms with E-state index in [-0.39, 0.29) is 0 Å². The second kappa shape index (κ2) is 12.8. The average molecular weight is 563 g/mol. The molecule has 1 spiro atoms. The Bertz CT molecular complexity index is 881. The van der Waals surface area contributed by atoms with Gasteiger partial charge in [-0.05, 0) is 55.7 Å². The van der Waals surface area contributed by atoms with Crippen molar-refractivity contribution >= 4 is 23.3 Å². The Morgan fingerprint density at radius 2 is 1.62 bits per heavy atom. The van der Waals surface area contributed by atoms with Crippen molar-refractivity contribution in [3.8, 4) is 0 Å². The smallest absolute Gasteiger partial charge is 0.475 e. The van der Waals surface area contributed by atoms with Crippen molar-refractivity contribution in [3.05, 3.63) is 21.9 Å². The molecule has 14 heteroatoms. The SMILES string of the molecule is COC[C@H]1CN(CC2CC2)C[C@@]12CCN(Cc1sccc1C)C2.O=C(O)C(F)(F)F.O=C(O)C(F)(F)F. The molecular weight excluding hydrogens is 530 g/mol. The van der Waals surface area contributed by atoms with E-state index in [0.717, 1.165) is 25.0 Å². The number of nitrogens with zero attached hydrogens (tertiary/aromatic N) is 2. The summed E-state index contributed by atoms with van der Waals surface area (Å²) in [5.74, 6) is -3.79. The summed E-state index contributed by atoms with van der Waals surface area (Å²) < 4.78 is 69.1. The molecule has 37 heavy (non-hydrogen) atoms. The summed E-state index contributed by atoms with van der Waals surface area (Å²) in [5.41, 5.74) is 1.95. The molecule has 1 saturated carbocycles. The van der Waals surface area contributed by atoms with Crippen LogP contribution in [-0.2, 0) is 20.9 Å². The number of aryl methyl sites for hydroxylation is 1. The molecule has 0 amide bonds. The molecule has 1 aromatic rings. The molecule has 1 aromatic heterocycles. The van der Waals surface area contributed by atoms with Crippen molar-refractivity contribution in [2.45, 2.75) is 45.1 Å². The summed E-state index contributed by atoms with van der Waals surface area (Å²) in [6.45, 7) is 10.8. The van der Waals surface area contributed by atoms with E-state index in [1.807, 2.05) is 18.4 Å². The molecule has 4 rings (SSSR count). The van der Waals surface area contributed by atoms with E-state index >= 15 is 0 Å². The molecule has 3 aliphatic rings. The molecule has 0 aromatic carbocycles. The van der Waals surface area contributed by atoms with Gasteiger partial charge in [0.15, 0.2) is 0 Å². The van der Waals surface area contributed by atoms with Crippen molar-refractivity contribution < 1.29 is 50.9 Å². The van der Waals surface area contributed by atoms with Gasteiger partial charge in [-0.3, -0.25) is 4.90 Å². The van der Waals surface area contributed by atoms with Gasteiger partial charge in [-0.25, -0.2) is 9.59 Å².